The van der Waals surface area contributed by atoms with E-state index < -0.39 is 0 Å². The summed E-state index contributed by atoms with van der Waals surface area (Å²) in [5, 5.41) is 3.78. The van der Waals surface area contributed by atoms with E-state index in [0.717, 1.165) is 29.2 Å². The third-order valence-corrected chi connectivity index (χ3v) is 7.02. The van der Waals surface area contributed by atoms with Crippen LogP contribution < -0.4 is 5.32 Å². The summed E-state index contributed by atoms with van der Waals surface area (Å²) in [4.78, 5) is 17.4. The third kappa shape index (κ3) is 3.52. The predicted molar refractivity (Wildman–Crippen MR) is 107 cm³/mol. The molecule has 0 fully saturated rings. The van der Waals surface area contributed by atoms with Crippen molar-refractivity contribution in [2.24, 2.45) is 0 Å². The van der Waals surface area contributed by atoms with Crippen molar-refractivity contribution in [3.63, 3.8) is 0 Å². The first-order valence-corrected chi connectivity index (χ1v) is 10.4. The Bertz CT molecular complexity index is 924. The van der Waals surface area contributed by atoms with E-state index in [1.807, 2.05) is 35.6 Å². The van der Waals surface area contributed by atoms with Crippen LogP contribution in [0.1, 0.15) is 30.6 Å². The molecule has 5 heteroatoms. The number of benzene rings is 1. The lowest BCUT2D eigenvalue weighted by Crippen LogP contribution is -2.24. The third-order valence-electron chi connectivity index (χ3n) is 4.44. The van der Waals surface area contributed by atoms with Crippen LogP contribution in [-0.4, -0.2) is 12.5 Å². The molecule has 2 aromatic heterocycles. The van der Waals surface area contributed by atoms with Crippen molar-refractivity contribution in [2.45, 2.75) is 26.2 Å². The lowest BCUT2D eigenvalue weighted by molar-refractivity contribution is 0.0958. The van der Waals surface area contributed by atoms with Gasteiger partial charge in [-0.3, -0.25) is 4.79 Å². The number of carbonyl (C=O) groups excluding carboxylic acids is 1. The highest BCUT2D eigenvalue weighted by Crippen LogP contribution is 2.43. The minimum atomic E-state index is 0.0295. The second-order valence-corrected chi connectivity index (χ2v) is 9.12. The van der Waals surface area contributed by atoms with Crippen LogP contribution in [0.25, 0.3) is 10.4 Å². The maximum absolute atomic E-state index is 12.5. The summed E-state index contributed by atoms with van der Waals surface area (Å²) in [6, 6.07) is 12.1. The predicted octanol–water partition coefficient (Wildman–Crippen LogP) is 5.51. The highest BCUT2D eigenvalue weighted by molar-refractivity contribution is 7.18. The smallest absolute Gasteiger partial charge is 0.261 e. The fourth-order valence-corrected chi connectivity index (χ4v) is 5.60. The second-order valence-electron chi connectivity index (χ2n) is 6.29. The standard InChI is InChI=1S/C20H18ClNOS2/c1-12-10-16-17(24-12)7-4-14-11-18(25-19(14)16)20(23)22-9-8-13-2-5-15(21)6-3-13/h2-3,5-6,10-11H,4,7-9H2,1H3,(H,22,23). The summed E-state index contributed by atoms with van der Waals surface area (Å²) in [5.74, 6) is 0.0295. The molecule has 0 saturated heterocycles. The van der Waals surface area contributed by atoms with Gasteiger partial charge in [0.05, 0.1) is 4.88 Å². The average molecular weight is 388 g/mol. The van der Waals surface area contributed by atoms with Crippen LogP contribution in [0.5, 0.6) is 0 Å². The van der Waals surface area contributed by atoms with Gasteiger partial charge >= 0.3 is 0 Å². The first kappa shape index (κ1) is 16.8. The van der Waals surface area contributed by atoms with E-state index in [2.05, 4.69) is 24.4 Å². The summed E-state index contributed by atoms with van der Waals surface area (Å²) in [7, 11) is 0. The zero-order valence-corrected chi connectivity index (χ0v) is 16.3. The van der Waals surface area contributed by atoms with Gasteiger partial charge in [-0.1, -0.05) is 23.7 Å². The first-order valence-electron chi connectivity index (χ1n) is 8.35. The molecule has 3 aromatic rings. The summed E-state index contributed by atoms with van der Waals surface area (Å²) >= 11 is 9.40. The molecule has 1 aromatic carbocycles. The Morgan fingerprint density at radius 1 is 1.16 bits per heavy atom. The molecule has 0 aliphatic heterocycles. The van der Waals surface area contributed by atoms with E-state index in [0.29, 0.717) is 6.54 Å². The SMILES string of the molecule is Cc1cc2c(s1)CCc1cc(C(=O)NCCc3ccc(Cl)cc3)sc1-2. The van der Waals surface area contributed by atoms with Gasteiger partial charge in [0.15, 0.2) is 0 Å². The molecule has 1 aliphatic rings. The molecule has 0 spiro atoms. The topological polar surface area (TPSA) is 29.1 Å². The molecule has 2 nitrogen and oxygen atoms in total. The second kappa shape index (κ2) is 6.94. The van der Waals surface area contributed by atoms with Crippen LogP contribution in [0.4, 0.5) is 0 Å². The number of fused-ring (bicyclic) bond motifs is 3. The molecule has 0 radical (unpaired) electrons. The van der Waals surface area contributed by atoms with Crippen molar-refractivity contribution in [1.29, 1.82) is 0 Å². The Balaban J connectivity index is 1.43. The van der Waals surface area contributed by atoms with Crippen LogP contribution in [0.15, 0.2) is 36.4 Å². The average Bonchev–Trinajstić information content (AvgIpc) is 3.18. The van der Waals surface area contributed by atoms with E-state index in [4.69, 9.17) is 11.6 Å². The van der Waals surface area contributed by atoms with Crippen LogP contribution in [0.2, 0.25) is 5.02 Å². The number of nitrogens with one attached hydrogen (secondary N) is 1. The number of hydrogen-bond acceptors (Lipinski definition) is 3. The highest BCUT2D eigenvalue weighted by Gasteiger charge is 2.23. The molecule has 1 N–H and O–H groups in total. The van der Waals surface area contributed by atoms with Crippen molar-refractivity contribution in [3.05, 3.63) is 67.2 Å². The van der Waals surface area contributed by atoms with Gasteiger partial charge in [0.25, 0.3) is 5.91 Å². The Morgan fingerprint density at radius 2 is 1.96 bits per heavy atom. The minimum Gasteiger partial charge on any atom is -0.351 e. The maximum atomic E-state index is 12.5. The summed E-state index contributed by atoms with van der Waals surface area (Å²) in [5.41, 5.74) is 3.83. The van der Waals surface area contributed by atoms with Crippen molar-refractivity contribution in [3.8, 4) is 10.4 Å². The normalized spacial score (nSPS) is 12.6. The van der Waals surface area contributed by atoms with E-state index in [-0.39, 0.29) is 5.91 Å². The van der Waals surface area contributed by atoms with Gasteiger partial charge in [-0.05, 0) is 61.6 Å². The number of thiophene rings is 2. The van der Waals surface area contributed by atoms with Gasteiger partial charge in [0, 0.05) is 31.8 Å². The lowest BCUT2D eigenvalue weighted by Gasteiger charge is -2.10. The molecular weight excluding hydrogens is 370 g/mol. The van der Waals surface area contributed by atoms with Gasteiger partial charge < -0.3 is 5.32 Å². The number of rotatable bonds is 4. The quantitative estimate of drug-likeness (QED) is 0.628. The Labute approximate surface area is 160 Å². The van der Waals surface area contributed by atoms with Crippen LogP contribution >= 0.6 is 34.3 Å². The highest BCUT2D eigenvalue weighted by atomic mass is 35.5. The van der Waals surface area contributed by atoms with Gasteiger partial charge in [0.1, 0.15) is 0 Å². The van der Waals surface area contributed by atoms with Crippen LogP contribution in [-0.2, 0) is 19.3 Å². The molecule has 1 amide bonds. The molecule has 0 atom stereocenters. The summed E-state index contributed by atoms with van der Waals surface area (Å²) in [6.07, 6.45) is 2.94. The van der Waals surface area contributed by atoms with E-state index in [1.165, 1.54) is 31.3 Å². The van der Waals surface area contributed by atoms with Crippen LogP contribution in [0, 0.1) is 6.92 Å². The van der Waals surface area contributed by atoms with Crippen molar-refractivity contribution in [1.82, 2.24) is 5.32 Å². The molecule has 1 aliphatic carbocycles. The molecule has 128 valence electrons. The molecule has 2 heterocycles. The van der Waals surface area contributed by atoms with Gasteiger partial charge in [-0.2, -0.15) is 0 Å². The zero-order chi connectivity index (χ0) is 17.4. The minimum absolute atomic E-state index is 0.0295. The van der Waals surface area contributed by atoms with Gasteiger partial charge in [-0.25, -0.2) is 0 Å². The molecule has 0 bridgehead atoms. The number of hydrogen-bond donors (Lipinski definition) is 1. The largest absolute Gasteiger partial charge is 0.351 e. The Hall–Kier alpha value is -1.62. The monoisotopic (exact) mass is 387 g/mol. The summed E-state index contributed by atoms with van der Waals surface area (Å²) < 4.78 is 0. The van der Waals surface area contributed by atoms with Gasteiger partial charge in [-0.15, -0.1) is 22.7 Å². The van der Waals surface area contributed by atoms with Crippen molar-refractivity contribution in [2.75, 3.05) is 6.54 Å². The fourth-order valence-electron chi connectivity index (χ4n) is 3.20. The lowest BCUT2D eigenvalue weighted by atomic mass is 9.98. The molecule has 0 saturated carbocycles. The van der Waals surface area contributed by atoms with Crippen molar-refractivity contribution >= 4 is 40.2 Å². The number of carbonyl (C=O) groups is 1. The Morgan fingerprint density at radius 3 is 2.76 bits per heavy atom. The van der Waals surface area contributed by atoms with Crippen LogP contribution in [0.3, 0.4) is 0 Å². The molecule has 4 rings (SSSR count). The fraction of sp³-hybridized carbons (Fsp3) is 0.250. The maximum Gasteiger partial charge on any atom is 0.261 e. The first-order chi connectivity index (χ1) is 12.1. The van der Waals surface area contributed by atoms with E-state index >= 15 is 0 Å². The number of aryl methyl sites for hydroxylation is 3. The molecule has 25 heavy (non-hydrogen) atoms. The number of amides is 1. The molecule has 0 unspecified atom stereocenters. The zero-order valence-electron chi connectivity index (χ0n) is 13.9. The van der Waals surface area contributed by atoms with E-state index in [1.54, 1.807) is 11.3 Å². The van der Waals surface area contributed by atoms with Gasteiger partial charge in [0.2, 0.25) is 0 Å². The number of halogens is 1. The van der Waals surface area contributed by atoms with Crippen molar-refractivity contribution < 1.29 is 4.79 Å². The Kier molecular flexibility index (Phi) is 4.67. The van der Waals surface area contributed by atoms with E-state index in [9.17, 15) is 4.79 Å². The molecular formula is C20H18ClNOS2. The summed E-state index contributed by atoms with van der Waals surface area (Å²) in [6.45, 7) is 2.78.